The number of nitrogens with zero attached hydrogens (tertiary/aromatic N) is 7. The van der Waals surface area contributed by atoms with Crippen molar-refractivity contribution >= 4 is 28.6 Å². The number of rotatable bonds is 8. The summed E-state index contributed by atoms with van der Waals surface area (Å²) in [6.07, 6.45) is 6.55. The Labute approximate surface area is 217 Å². The largest absolute Gasteiger partial charge is 0.493 e. The van der Waals surface area contributed by atoms with Crippen LogP contribution in [0.25, 0.3) is 16.7 Å². The molecule has 1 aliphatic carbocycles. The predicted molar refractivity (Wildman–Crippen MR) is 137 cm³/mol. The fourth-order valence-electron chi connectivity index (χ4n) is 4.88. The Kier molecular flexibility index (Phi) is 5.73. The number of halogens is 2. The van der Waals surface area contributed by atoms with Crippen LogP contribution in [0.2, 0.25) is 0 Å². The number of fused-ring (bicyclic) bond motifs is 1. The molecule has 0 spiro atoms. The van der Waals surface area contributed by atoms with E-state index in [-0.39, 0.29) is 25.1 Å². The van der Waals surface area contributed by atoms with Crippen LogP contribution in [0.1, 0.15) is 31.0 Å². The highest BCUT2D eigenvalue weighted by molar-refractivity contribution is 5.91. The van der Waals surface area contributed by atoms with Crippen LogP contribution in [0.4, 0.5) is 26.4 Å². The maximum atomic E-state index is 13.8. The second-order valence-electron chi connectivity index (χ2n) is 9.57. The molecule has 0 amide bonds. The van der Waals surface area contributed by atoms with Gasteiger partial charge in [0.05, 0.1) is 63.4 Å². The third-order valence-electron chi connectivity index (χ3n) is 7.04. The van der Waals surface area contributed by atoms with Crippen LogP contribution in [0, 0.1) is 6.92 Å². The van der Waals surface area contributed by atoms with E-state index < -0.39 is 5.92 Å². The Balaban J connectivity index is 1.36. The highest BCUT2D eigenvalue weighted by Crippen LogP contribution is 2.41. The van der Waals surface area contributed by atoms with Gasteiger partial charge < -0.3 is 29.0 Å². The van der Waals surface area contributed by atoms with Crippen molar-refractivity contribution in [2.75, 3.05) is 44.6 Å². The normalized spacial score (nSPS) is 16.7. The molecule has 0 bridgehead atoms. The van der Waals surface area contributed by atoms with Crippen LogP contribution >= 0.6 is 0 Å². The number of aromatic nitrogens is 6. The molecule has 1 aliphatic heterocycles. The number of ether oxygens (including phenoxy) is 3. The Bertz CT molecular complexity index is 1480. The molecule has 2 aliphatic rings. The molecule has 13 heteroatoms. The molecule has 2 fully saturated rings. The van der Waals surface area contributed by atoms with E-state index in [2.05, 4.69) is 15.3 Å². The summed E-state index contributed by atoms with van der Waals surface area (Å²) in [5, 5.41) is 8.56. The number of nitrogens with one attached hydrogen (secondary N) is 1. The third-order valence-corrected chi connectivity index (χ3v) is 7.04. The fourth-order valence-corrected chi connectivity index (χ4v) is 4.88. The number of methoxy groups -OCH3 is 3. The van der Waals surface area contributed by atoms with Crippen LogP contribution in [0.15, 0.2) is 24.7 Å². The lowest BCUT2D eigenvalue weighted by Crippen LogP contribution is -2.56. The van der Waals surface area contributed by atoms with E-state index in [9.17, 15) is 8.78 Å². The van der Waals surface area contributed by atoms with Crippen LogP contribution in [0.3, 0.4) is 0 Å². The second kappa shape index (κ2) is 8.99. The molecule has 1 saturated carbocycles. The minimum atomic E-state index is -2.73. The number of hydrogen-bond donors (Lipinski definition) is 1. The first kappa shape index (κ1) is 24.2. The Hall–Kier alpha value is -4.16. The molecule has 4 heterocycles. The minimum Gasteiger partial charge on any atom is -0.493 e. The molecule has 1 aromatic carbocycles. The van der Waals surface area contributed by atoms with Gasteiger partial charge in [-0.15, -0.1) is 0 Å². The van der Waals surface area contributed by atoms with Crippen molar-refractivity contribution in [3.05, 3.63) is 30.4 Å². The molecule has 0 atom stereocenters. The van der Waals surface area contributed by atoms with Crippen LogP contribution < -0.4 is 24.4 Å². The lowest BCUT2D eigenvalue weighted by atomic mass is 9.93. The molecule has 0 radical (unpaired) electrons. The van der Waals surface area contributed by atoms with Gasteiger partial charge in [-0.1, -0.05) is 0 Å². The van der Waals surface area contributed by atoms with Crippen molar-refractivity contribution in [1.82, 2.24) is 29.3 Å². The Morgan fingerprint density at radius 2 is 1.74 bits per heavy atom. The molecule has 38 heavy (non-hydrogen) atoms. The predicted octanol–water partition coefficient (Wildman–Crippen LogP) is 4.27. The summed E-state index contributed by atoms with van der Waals surface area (Å²) in [6, 6.07) is 3.86. The molecular formula is C25H28F2N8O3. The highest BCUT2D eigenvalue weighted by atomic mass is 19.3. The molecule has 11 nitrogen and oxygen atoms in total. The molecule has 200 valence electrons. The molecule has 1 saturated heterocycles. The zero-order chi connectivity index (χ0) is 26.6. The van der Waals surface area contributed by atoms with Gasteiger partial charge >= 0.3 is 0 Å². The van der Waals surface area contributed by atoms with Gasteiger partial charge in [0.25, 0.3) is 5.92 Å². The number of alkyl halides is 2. The number of hydrogen-bond acceptors (Lipinski definition) is 9. The lowest BCUT2D eigenvalue weighted by molar-refractivity contribution is -0.0265. The van der Waals surface area contributed by atoms with Gasteiger partial charge in [-0.05, 0) is 26.2 Å². The molecule has 1 N–H and O–H groups in total. The van der Waals surface area contributed by atoms with Crippen LogP contribution in [-0.2, 0) is 0 Å². The van der Waals surface area contributed by atoms with Crippen LogP contribution in [0.5, 0.6) is 17.2 Å². The Morgan fingerprint density at radius 3 is 2.32 bits per heavy atom. The van der Waals surface area contributed by atoms with Crippen molar-refractivity contribution in [1.29, 1.82) is 0 Å². The second-order valence-corrected chi connectivity index (χ2v) is 9.57. The van der Waals surface area contributed by atoms with Gasteiger partial charge in [-0.25, -0.2) is 18.4 Å². The van der Waals surface area contributed by atoms with Gasteiger partial charge in [-0.3, -0.25) is 0 Å². The van der Waals surface area contributed by atoms with E-state index in [4.69, 9.17) is 24.3 Å². The van der Waals surface area contributed by atoms with E-state index >= 15 is 0 Å². The summed E-state index contributed by atoms with van der Waals surface area (Å²) in [4.78, 5) is 15.4. The summed E-state index contributed by atoms with van der Waals surface area (Å²) in [5.74, 6) is -0.0363. The van der Waals surface area contributed by atoms with Gasteiger partial charge in [0.15, 0.2) is 23.0 Å². The molecular weight excluding hydrogens is 498 g/mol. The van der Waals surface area contributed by atoms with E-state index in [1.165, 1.54) is 0 Å². The topological polar surface area (TPSA) is 104 Å². The summed E-state index contributed by atoms with van der Waals surface area (Å²) in [5.41, 5.74) is 2.10. The molecule has 6 rings (SSSR count). The first-order valence-corrected chi connectivity index (χ1v) is 12.3. The maximum Gasteiger partial charge on any atom is 0.282 e. The number of aryl methyl sites for hydroxylation is 1. The maximum absolute atomic E-state index is 13.8. The highest BCUT2D eigenvalue weighted by Gasteiger charge is 2.45. The SMILES string of the molecule is COc1cc(-n2cnc(Nc3nc(N4CC(F)(F)C4)c4c(C)nn(C5CCC5)c4n3)c2)cc(OC)c1OC. The van der Waals surface area contributed by atoms with Crippen LogP contribution in [-0.4, -0.2) is 69.6 Å². The first-order chi connectivity index (χ1) is 18.3. The average Bonchev–Trinajstić information content (AvgIpc) is 3.44. The van der Waals surface area contributed by atoms with Gasteiger partial charge in [0, 0.05) is 12.1 Å². The van der Waals surface area contributed by atoms with E-state index in [0.29, 0.717) is 39.9 Å². The van der Waals surface area contributed by atoms with Gasteiger partial charge in [0.1, 0.15) is 12.1 Å². The summed E-state index contributed by atoms with van der Waals surface area (Å²) in [7, 11) is 4.65. The lowest BCUT2D eigenvalue weighted by Gasteiger charge is -2.39. The van der Waals surface area contributed by atoms with E-state index in [1.807, 2.05) is 11.6 Å². The fraction of sp³-hybridized carbons (Fsp3) is 0.440. The van der Waals surface area contributed by atoms with Crippen molar-refractivity contribution in [3.63, 3.8) is 0 Å². The van der Waals surface area contributed by atoms with Crippen molar-refractivity contribution < 1.29 is 23.0 Å². The number of benzene rings is 1. The first-order valence-electron chi connectivity index (χ1n) is 12.3. The zero-order valence-corrected chi connectivity index (χ0v) is 21.5. The third kappa shape index (κ3) is 4.02. The summed E-state index contributed by atoms with van der Waals surface area (Å²) in [6.45, 7) is 1.10. The standard InChI is InChI=1S/C25H28F2N8O3/c1-14-20-22(34-11-25(26,27)12-34)30-24(31-23(20)35(32-14)15-6-5-7-15)29-19-10-33(13-28-19)16-8-17(36-2)21(38-4)18(9-16)37-3/h8-10,13,15H,5-7,11-12H2,1-4H3,(H,29,30,31). The summed E-state index contributed by atoms with van der Waals surface area (Å²) < 4.78 is 47.6. The minimum absolute atomic E-state index is 0.249. The quantitative estimate of drug-likeness (QED) is 0.360. The average molecular weight is 527 g/mol. The van der Waals surface area contributed by atoms with E-state index in [1.54, 1.807) is 55.5 Å². The molecule has 3 aromatic heterocycles. The summed E-state index contributed by atoms with van der Waals surface area (Å²) >= 11 is 0. The molecule has 0 unspecified atom stereocenters. The molecule has 4 aromatic rings. The Morgan fingerprint density at radius 1 is 1.03 bits per heavy atom. The van der Waals surface area contributed by atoms with Crippen molar-refractivity contribution in [3.8, 4) is 22.9 Å². The smallest absolute Gasteiger partial charge is 0.282 e. The van der Waals surface area contributed by atoms with Crippen molar-refractivity contribution in [2.45, 2.75) is 38.2 Å². The van der Waals surface area contributed by atoms with Gasteiger partial charge in [0.2, 0.25) is 11.7 Å². The zero-order valence-electron chi connectivity index (χ0n) is 21.5. The number of imidazole rings is 1. The monoisotopic (exact) mass is 526 g/mol. The van der Waals surface area contributed by atoms with Crippen molar-refractivity contribution in [2.24, 2.45) is 0 Å². The van der Waals surface area contributed by atoms with E-state index in [0.717, 1.165) is 30.6 Å². The number of anilines is 3. The van der Waals surface area contributed by atoms with Gasteiger partial charge in [-0.2, -0.15) is 15.1 Å².